The highest BCUT2D eigenvalue weighted by Gasteiger charge is 2.38. The lowest BCUT2D eigenvalue weighted by molar-refractivity contribution is -0.149. The fourth-order valence-corrected chi connectivity index (χ4v) is 3.44. The standard InChI is InChI=1S/C15H14ClNO3S2/c1-3-20-14(19)9(2)17-13(18)12(22-15(17)21)8-10-4-6-11(16)7-5-10/h4-9H,3H2,1-2H3/b12-8-. The maximum atomic E-state index is 12.5. The van der Waals surface area contributed by atoms with E-state index in [1.165, 1.54) is 16.7 Å². The number of carbonyl (C=O) groups excluding carboxylic acids is 2. The molecule has 1 amide bonds. The minimum absolute atomic E-state index is 0.262. The molecule has 1 aromatic rings. The van der Waals surface area contributed by atoms with Crippen LogP contribution in [0.15, 0.2) is 29.2 Å². The minimum Gasteiger partial charge on any atom is -0.464 e. The van der Waals surface area contributed by atoms with Crippen LogP contribution in [0.2, 0.25) is 5.02 Å². The molecule has 0 spiro atoms. The van der Waals surface area contributed by atoms with Crippen molar-refractivity contribution in [3.63, 3.8) is 0 Å². The van der Waals surface area contributed by atoms with Gasteiger partial charge in [-0.15, -0.1) is 0 Å². The smallest absolute Gasteiger partial charge is 0.329 e. The summed E-state index contributed by atoms with van der Waals surface area (Å²) in [5.41, 5.74) is 0.841. The first-order valence-electron chi connectivity index (χ1n) is 6.63. The summed E-state index contributed by atoms with van der Waals surface area (Å²) in [5, 5.41) is 0.626. The Morgan fingerprint density at radius 1 is 1.45 bits per heavy atom. The molecule has 0 N–H and O–H groups in total. The van der Waals surface area contributed by atoms with Gasteiger partial charge < -0.3 is 4.74 Å². The van der Waals surface area contributed by atoms with Crippen molar-refractivity contribution in [2.75, 3.05) is 6.61 Å². The number of esters is 1. The molecule has 1 fully saturated rings. The SMILES string of the molecule is CCOC(=O)C(C)N1C(=O)/C(=C/c2ccc(Cl)cc2)SC1=S. The van der Waals surface area contributed by atoms with Gasteiger partial charge in [0.15, 0.2) is 0 Å². The molecule has 4 nitrogen and oxygen atoms in total. The van der Waals surface area contributed by atoms with Crippen molar-refractivity contribution in [1.82, 2.24) is 4.90 Å². The lowest BCUT2D eigenvalue weighted by atomic mass is 10.2. The second-order valence-electron chi connectivity index (χ2n) is 4.53. The summed E-state index contributed by atoms with van der Waals surface area (Å²) in [6.45, 7) is 3.59. The van der Waals surface area contributed by atoms with Crippen LogP contribution in [0.3, 0.4) is 0 Å². The van der Waals surface area contributed by atoms with Gasteiger partial charge in [0.2, 0.25) is 0 Å². The maximum Gasteiger partial charge on any atom is 0.329 e. The van der Waals surface area contributed by atoms with Crippen LogP contribution in [0.25, 0.3) is 6.08 Å². The summed E-state index contributed by atoms with van der Waals surface area (Å²) >= 11 is 12.2. The number of benzene rings is 1. The first-order chi connectivity index (χ1) is 10.4. The van der Waals surface area contributed by atoms with E-state index in [-0.39, 0.29) is 12.5 Å². The Labute approximate surface area is 143 Å². The van der Waals surface area contributed by atoms with E-state index in [1.54, 1.807) is 32.1 Å². The first-order valence-corrected chi connectivity index (χ1v) is 8.23. The van der Waals surface area contributed by atoms with E-state index in [9.17, 15) is 9.59 Å². The molecule has 0 radical (unpaired) electrons. The average molecular weight is 356 g/mol. The van der Waals surface area contributed by atoms with E-state index < -0.39 is 12.0 Å². The molecule has 22 heavy (non-hydrogen) atoms. The van der Waals surface area contributed by atoms with E-state index in [0.29, 0.717) is 14.2 Å². The van der Waals surface area contributed by atoms with Gasteiger partial charge in [0, 0.05) is 5.02 Å². The summed E-state index contributed by atoms with van der Waals surface area (Å²) in [6, 6.07) is 6.38. The van der Waals surface area contributed by atoms with Crippen LogP contribution < -0.4 is 0 Å². The molecule has 1 saturated heterocycles. The molecule has 1 atom stereocenters. The molecule has 1 aliphatic heterocycles. The molecule has 1 aromatic carbocycles. The molecule has 116 valence electrons. The molecular formula is C15H14ClNO3S2. The second-order valence-corrected chi connectivity index (χ2v) is 6.64. The quantitative estimate of drug-likeness (QED) is 0.470. The summed E-state index contributed by atoms with van der Waals surface area (Å²) in [4.78, 5) is 26.0. The first kappa shape index (κ1) is 17.0. The third-order valence-electron chi connectivity index (χ3n) is 3.01. The number of thioether (sulfide) groups is 1. The maximum absolute atomic E-state index is 12.5. The zero-order chi connectivity index (χ0) is 16.3. The van der Waals surface area contributed by atoms with E-state index in [0.717, 1.165) is 5.56 Å². The number of ether oxygens (including phenoxy) is 1. The third kappa shape index (κ3) is 3.69. The molecule has 0 aromatic heterocycles. The Kier molecular flexibility index (Phi) is 5.61. The molecule has 7 heteroatoms. The number of nitrogens with zero attached hydrogens (tertiary/aromatic N) is 1. The normalized spacial score (nSPS) is 18.0. The Morgan fingerprint density at radius 3 is 2.68 bits per heavy atom. The zero-order valence-electron chi connectivity index (χ0n) is 12.0. The molecule has 1 heterocycles. The van der Waals surface area contributed by atoms with Gasteiger partial charge in [-0.05, 0) is 37.6 Å². The predicted molar refractivity (Wildman–Crippen MR) is 92.6 cm³/mol. The Morgan fingerprint density at radius 2 is 2.09 bits per heavy atom. The molecular weight excluding hydrogens is 342 g/mol. The van der Waals surface area contributed by atoms with Gasteiger partial charge in [-0.2, -0.15) is 0 Å². The highest BCUT2D eigenvalue weighted by molar-refractivity contribution is 8.26. The summed E-state index contributed by atoms with van der Waals surface area (Å²) in [7, 11) is 0. The van der Waals surface area contributed by atoms with Gasteiger partial charge in [0.1, 0.15) is 10.4 Å². The Bertz CT molecular complexity index is 643. The van der Waals surface area contributed by atoms with Crippen LogP contribution in [0, 0.1) is 0 Å². The predicted octanol–water partition coefficient (Wildman–Crippen LogP) is 3.49. The number of carbonyl (C=O) groups is 2. The van der Waals surface area contributed by atoms with Gasteiger partial charge in [-0.25, -0.2) is 4.79 Å². The number of hydrogen-bond acceptors (Lipinski definition) is 5. The van der Waals surface area contributed by atoms with Gasteiger partial charge in [0.05, 0.1) is 11.5 Å². The fraction of sp³-hybridized carbons (Fsp3) is 0.267. The van der Waals surface area contributed by atoms with Gasteiger partial charge >= 0.3 is 5.97 Å². The summed E-state index contributed by atoms with van der Waals surface area (Å²) < 4.78 is 5.30. The molecule has 1 unspecified atom stereocenters. The number of halogens is 1. The summed E-state index contributed by atoms with van der Waals surface area (Å²) in [6.07, 6.45) is 1.73. The molecule has 1 aliphatic rings. The number of amides is 1. The van der Waals surface area contributed by atoms with Crippen molar-refractivity contribution in [3.05, 3.63) is 39.8 Å². The largest absolute Gasteiger partial charge is 0.464 e. The zero-order valence-corrected chi connectivity index (χ0v) is 14.4. The number of thiocarbonyl (C=S) groups is 1. The van der Waals surface area contributed by atoms with Crippen molar-refractivity contribution in [1.29, 1.82) is 0 Å². The van der Waals surface area contributed by atoms with Crippen LogP contribution in [-0.2, 0) is 14.3 Å². The van der Waals surface area contributed by atoms with Crippen LogP contribution in [-0.4, -0.2) is 33.7 Å². The van der Waals surface area contributed by atoms with Crippen LogP contribution in [0.1, 0.15) is 19.4 Å². The van der Waals surface area contributed by atoms with Crippen molar-refractivity contribution in [2.45, 2.75) is 19.9 Å². The lowest BCUT2D eigenvalue weighted by Crippen LogP contribution is -2.42. The van der Waals surface area contributed by atoms with E-state index in [1.807, 2.05) is 12.1 Å². The van der Waals surface area contributed by atoms with Crippen molar-refractivity contribution in [3.8, 4) is 0 Å². The fourth-order valence-electron chi connectivity index (χ4n) is 1.89. The van der Waals surface area contributed by atoms with E-state index in [2.05, 4.69) is 0 Å². The van der Waals surface area contributed by atoms with Crippen molar-refractivity contribution >= 4 is 57.9 Å². The molecule has 0 aliphatic carbocycles. The van der Waals surface area contributed by atoms with Gasteiger partial charge in [0.25, 0.3) is 5.91 Å². The van der Waals surface area contributed by atoms with E-state index >= 15 is 0 Å². The topological polar surface area (TPSA) is 46.6 Å². The van der Waals surface area contributed by atoms with Gasteiger partial charge in [-0.3, -0.25) is 9.69 Å². The van der Waals surface area contributed by atoms with Crippen molar-refractivity contribution in [2.24, 2.45) is 0 Å². The van der Waals surface area contributed by atoms with Crippen LogP contribution in [0.5, 0.6) is 0 Å². The number of rotatable bonds is 4. The van der Waals surface area contributed by atoms with E-state index in [4.69, 9.17) is 28.6 Å². The molecule has 0 saturated carbocycles. The average Bonchev–Trinajstić information content (AvgIpc) is 2.75. The van der Waals surface area contributed by atoms with Gasteiger partial charge in [-0.1, -0.05) is 47.7 Å². The van der Waals surface area contributed by atoms with Crippen LogP contribution in [0.4, 0.5) is 0 Å². The minimum atomic E-state index is -0.733. The lowest BCUT2D eigenvalue weighted by Gasteiger charge is -2.21. The molecule has 2 rings (SSSR count). The Hall–Kier alpha value is -1.37. The monoisotopic (exact) mass is 355 g/mol. The van der Waals surface area contributed by atoms with Crippen LogP contribution >= 0.6 is 35.6 Å². The second kappa shape index (κ2) is 7.26. The highest BCUT2D eigenvalue weighted by atomic mass is 35.5. The highest BCUT2D eigenvalue weighted by Crippen LogP contribution is 2.34. The third-order valence-corrected chi connectivity index (χ3v) is 4.59. The number of hydrogen-bond donors (Lipinski definition) is 0. The summed E-state index contributed by atoms with van der Waals surface area (Å²) in [5.74, 6) is -0.753. The van der Waals surface area contributed by atoms with Crippen molar-refractivity contribution < 1.29 is 14.3 Å². The molecule has 0 bridgehead atoms. The Balaban J connectivity index is 2.21.